The van der Waals surface area contributed by atoms with Gasteiger partial charge in [-0.3, -0.25) is 0 Å². The van der Waals surface area contributed by atoms with Gasteiger partial charge in [0.15, 0.2) is 0 Å². The van der Waals surface area contributed by atoms with Crippen LogP contribution in [-0.4, -0.2) is 5.11 Å². The molecule has 0 amide bonds. The maximum atomic E-state index is 10.0. The van der Waals surface area contributed by atoms with Crippen molar-refractivity contribution in [3.05, 3.63) is 51.2 Å². The zero-order chi connectivity index (χ0) is 13.2. The maximum absolute atomic E-state index is 10.0. The van der Waals surface area contributed by atoms with Gasteiger partial charge in [0.05, 0.1) is 0 Å². The zero-order valence-electron chi connectivity index (χ0n) is 11.1. The molecule has 1 aromatic carbocycles. The molecule has 1 aliphatic rings. The zero-order valence-corrected chi connectivity index (χ0v) is 12.0. The molecule has 0 bridgehead atoms. The van der Waals surface area contributed by atoms with Gasteiger partial charge < -0.3 is 10.4 Å². The van der Waals surface area contributed by atoms with E-state index in [0.29, 0.717) is 11.8 Å². The molecule has 2 aromatic rings. The summed E-state index contributed by atoms with van der Waals surface area (Å²) in [5.74, 6) is 0.427. The molecular formula is C16H19NOS. The summed E-state index contributed by atoms with van der Waals surface area (Å²) >= 11 is 1.87. The summed E-state index contributed by atoms with van der Waals surface area (Å²) in [6.45, 7) is 2.67. The predicted octanol–water partition coefficient (Wildman–Crippen LogP) is 3.93. The highest BCUT2D eigenvalue weighted by molar-refractivity contribution is 7.10. The van der Waals surface area contributed by atoms with Crippen molar-refractivity contribution in [2.24, 2.45) is 0 Å². The van der Waals surface area contributed by atoms with Crippen LogP contribution in [0.1, 0.15) is 40.5 Å². The van der Waals surface area contributed by atoms with Crippen molar-refractivity contribution in [3.63, 3.8) is 0 Å². The molecule has 0 radical (unpaired) electrons. The molecule has 0 fully saturated rings. The number of phenolic OH excluding ortho intramolecular Hbond substituents is 1. The molecule has 1 atom stereocenters. The number of aromatic hydroxyl groups is 1. The van der Waals surface area contributed by atoms with Crippen molar-refractivity contribution in [1.82, 2.24) is 5.32 Å². The van der Waals surface area contributed by atoms with E-state index in [4.69, 9.17) is 0 Å². The van der Waals surface area contributed by atoms with Gasteiger partial charge in [0, 0.05) is 23.0 Å². The summed E-state index contributed by atoms with van der Waals surface area (Å²) in [6, 6.07) is 8.62. The number of fused-ring (bicyclic) bond motifs is 1. The van der Waals surface area contributed by atoms with E-state index in [1.54, 1.807) is 0 Å². The second kappa shape index (κ2) is 5.35. The van der Waals surface area contributed by atoms with Crippen LogP contribution in [0.25, 0.3) is 0 Å². The minimum atomic E-state index is 0.427. The van der Waals surface area contributed by atoms with E-state index in [2.05, 4.69) is 16.8 Å². The van der Waals surface area contributed by atoms with Crippen LogP contribution in [0.3, 0.4) is 0 Å². The van der Waals surface area contributed by atoms with Gasteiger partial charge in [-0.25, -0.2) is 0 Å². The van der Waals surface area contributed by atoms with Crippen LogP contribution in [0.5, 0.6) is 5.75 Å². The Morgan fingerprint density at radius 3 is 3.16 bits per heavy atom. The van der Waals surface area contributed by atoms with Crippen molar-refractivity contribution in [1.29, 1.82) is 0 Å². The Balaban J connectivity index is 1.73. The van der Waals surface area contributed by atoms with Crippen molar-refractivity contribution in [2.75, 3.05) is 0 Å². The quantitative estimate of drug-likeness (QED) is 0.888. The molecule has 100 valence electrons. The molecule has 0 spiro atoms. The Hall–Kier alpha value is -1.32. The van der Waals surface area contributed by atoms with E-state index in [9.17, 15) is 5.11 Å². The normalized spacial score (nSPS) is 18.3. The van der Waals surface area contributed by atoms with Crippen LogP contribution in [0.2, 0.25) is 0 Å². The Morgan fingerprint density at radius 1 is 1.37 bits per heavy atom. The number of thiophene rings is 1. The van der Waals surface area contributed by atoms with Crippen molar-refractivity contribution in [3.8, 4) is 5.75 Å². The highest BCUT2D eigenvalue weighted by atomic mass is 32.1. The van der Waals surface area contributed by atoms with Crippen molar-refractivity contribution in [2.45, 2.75) is 38.8 Å². The van der Waals surface area contributed by atoms with Gasteiger partial charge in [0.2, 0.25) is 0 Å². The van der Waals surface area contributed by atoms with Crippen LogP contribution >= 0.6 is 11.3 Å². The number of phenols is 1. The Kier molecular flexibility index (Phi) is 3.58. The topological polar surface area (TPSA) is 32.3 Å². The third kappa shape index (κ3) is 2.53. The first-order chi connectivity index (χ1) is 9.25. The van der Waals surface area contributed by atoms with E-state index >= 15 is 0 Å². The molecule has 0 aliphatic heterocycles. The monoisotopic (exact) mass is 273 g/mol. The van der Waals surface area contributed by atoms with E-state index < -0.39 is 0 Å². The number of nitrogens with one attached hydrogen (secondary N) is 1. The lowest BCUT2D eigenvalue weighted by Crippen LogP contribution is -2.23. The molecule has 2 N–H and O–H groups in total. The van der Waals surface area contributed by atoms with E-state index in [-0.39, 0.29) is 0 Å². The summed E-state index contributed by atoms with van der Waals surface area (Å²) in [6.07, 6.45) is 3.67. The largest absolute Gasteiger partial charge is 0.507 e. The van der Waals surface area contributed by atoms with Gasteiger partial charge in [-0.2, -0.15) is 0 Å². The summed E-state index contributed by atoms with van der Waals surface area (Å²) < 4.78 is 0. The number of aryl methyl sites for hydroxylation is 2. The third-order valence-corrected chi connectivity index (χ3v) is 4.91. The smallest absolute Gasteiger partial charge is 0.122 e. The maximum Gasteiger partial charge on any atom is 0.122 e. The SMILES string of the molecule is Cc1cccc(CNC2CCCc3sccc32)c1O. The first-order valence-corrected chi connectivity index (χ1v) is 7.71. The molecule has 1 unspecified atom stereocenters. The third-order valence-electron chi connectivity index (χ3n) is 3.91. The lowest BCUT2D eigenvalue weighted by atomic mass is 9.94. The van der Waals surface area contributed by atoms with E-state index in [0.717, 1.165) is 17.7 Å². The second-order valence-corrected chi connectivity index (χ2v) is 6.21. The Labute approximate surface area is 118 Å². The lowest BCUT2D eigenvalue weighted by molar-refractivity contribution is 0.437. The van der Waals surface area contributed by atoms with Gasteiger partial charge in [-0.1, -0.05) is 18.2 Å². The van der Waals surface area contributed by atoms with Crippen LogP contribution in [0.15, 0.2) is 29.6 Å². The fourth-order valence-corrected chi connectivity index (χ4v) is 3.78. The molecule has 3 heteroatoms. The molecule has 2 nitrogen and oxygen atoms in total. The predicted molar refractivity (Wildman–Crippen MR) is 79.7 cm³/mol. The standard InChI is InChI=1S/C16H19NOS/c1-11-4-2-5-12(16(11)18)10-17-14-6-3-7-15-13(14)8-9-19-15/h2,4-5,8-9,14,17-18H,3,6-7,10H2,1H3. The minimum Gasteiger partial charge on any atom is -0.507 e. The number of hydrogen-bond acceptors (Lipinski definition) is 3. The van der Waals surface area contributed by atoms with Crippen molar-refractivity contribution >= 4 is 11.3 Å². The lowest BCUT2D eigenvalue weighted by Gasteiger charge is -2.24. The number of hydrogen-bond donors (Lipinski definition) is 2. The van der Waals surface area contributed by atoms with E-state index in [1.807, 2.05) is 36.5 Å². The Morgan fingerprint density at radius 2 is 2.26 bits per heavy atom. The first-order valence-electron chi connectivity index (χ1n) is 6.83. The number of rotatable bonds is 3. The van der Waals surface area contributed by atoms with Crippen LogP contribution in [-0.2, 0) is 13.0 Å². The first kappa shape index (κ1) is 12.7. The van der Waals surface area contributed by atoms with Gasteiger partial charge in [0.1, 0.15) is 5.75 Å². The molecule has 0 saturated heterocycles. The van der Waals surface area contributed by atoms with Crippen LogP contribution in [0.4, 0.5) is 0 Å². The average molecular weight is 273 g/mol. The summed E-state index contributed by atoms with van der Waals surface area (Å²) in [7, 11) is 0. The molecule has 1 heterocycles. The molecule has 1 aromatic heterocycles. The van der Waals surface area contributed by atoms with Crippen LogP contribution < -0.4 is 5.32 Å². The highest BCUT2D eigenvalue weighted by Crippen LogP contribution is 2.33. The Bertz CT molecular complexity index is 576. The summed E-state index contributed by atoms with van der Waals surface area (Å²) in [4.78, 5) is 1.53. The average Bonchev–Trinajstić information content (AvgIpc) is 2.89. The molecule has 0 saturated carbocycles. The van der Waals surface area contributed by atoms with Gasteiger partial charge in [-0.05, 0) is 48.8 Å². The number of para-hydroxylation sites is 1. The molecule has 3 rings (SSSR count). The van der Waals surface area contributed by atoms with E-state index in [1.165, 1.54) is 29.7 Å². The van der Waals surface area contributed by atoms with Crippen LogP contribution in [0, 0.1) is 6.92 Å². The molecule has 1 aliphatic carbocycles. The second-order valence-electron chi connectivity index (χ2n) is 5.21. The molecule has 19 heavy (non-hydrogen) atoms. The molecular weight excluding hydrogens is 254 g/mol. The fourth-order valence-electron chi connectivity index (χ4n) is 2.79. The highest BCUT2D eigenvalue weighted by Gasteiger charge is 2.20. The fraction of sp³-hybridized carbons (Fsp3) is 0.375. The number of benzene rings is 1. The minimum absolute atomic E-state index is 0.427. The van der Waals surface area contributed by atoms with Crippen molar-refractivity contribution < 1.29 is 5.11 Å². The van der Waals surface area contributed by atoms with Gasteiger partial charge in [0.25, 0.3) is 0 Å². The van der Waals surface area contributed by atoms with Gasteiger partial charge >= 0.3 is 0 Å². The summed E-state index contributed by atoms with van der Waals surface area (Å²) in [5.41, 5.74) is 3.39. The summed E-state index contributed by atoms with van der Waals surface area (Å²) in [5, 5.41) is 15.8. The van der Waals surface area contributed by atoms with Gasteiger partial charge in [-0.15, -0.1) is 11.3 Å².